The molecule has 2 saturated carbocycles. The number of guanidine groups is 1. The van der Waals surface area contributed by atoms with Crippen LogP contribution in [-0.2, 0) is 9.53 Å². The van der Waals surface area contributed by atoms with Crippen molar-refractivity contribution in [2.75, 3.05) is 0 Å². The Labute approximate surface area is 157 Å². The van der Waals surface area contributed by atoms with Crippen LogP contribution < -0.4 is 11.1 Å². The van der Waals surface area contributed by atoms with Gasteiger partial charge in [0.05, 0.1) is 12.0 Å². The average molecular weight is 437 g/mol. The lowest BCUT2D eigenvalue weighted by Gasteiger charge is -2.28. The lowest BCUT2D eigenvalue weighted by molar-refractivity contribution is -0.161. The quantitative estimate of drug-likeness (QED) is 0.307. The molecule has 134 valence electrons. The number of hydrogen-bond acceptors (Lipinski definition) is 3. The highest BCUT2D eigenvalue weighted by molar-refractivity contribution is 14.0. The third-order valence-electron chi connectivity index (χ3n) is 4.47. The lowest BCUT2D eigenvalue weighted by Crippen LogP contribution is -2.40. The number of esters is 1. The molecular weight excluding hydrogens is 405 g/mol. The van der Waals surface area contributed by atoms with Gasteiger partial charge in [0.15, 0.2) is 5.96 Å². The number of hydrogen-bond donors (Lipinski definition) is 2. The van der Waals surface area contributed by atoms with E-state index in [0.717, 1.165) is 25.7 Å². The standard InChI is InChI=1S/C17H31N3O2.HI/c1-17(2,3)22-15(21)12-8-10-14(11-9-12)20-16(18)19-13-6-4-5-7-13;/h12-14H,4-11H2,1-3H3,(H3,18,19,20);1H. The number of carbonyl (C=O) groups excluding carboxylic acids is 1. The van der Waals surface area contributed by atoms with Crippen LogP contribution in [0.25, 0.3) is 0 Å². The molecule has 0 heterocycles. The van der Waals surface area contributed by atoms with E-state index in [4.69, 9.17) is 10.5 Å². The summed E-state index contributed by atoms with van der Waals surface area (Å²) in [4.78, 5) is 16.7. The van der Waals surface area contributed by atoms with Crippen molar-refractivity contribution in [3.8, 4) is 0 Å². The van der Waals surface area contributed by atoms with Gasteiger partial charge < -0.3 is 15.8 Å². The summed E-state index contributed by atoms with van der Waals surface area (Å²) < 4.78 is 5.47. The number of aliphatic imine (C=N–C) groups is 1. The molecule has 0 atom stereocenters. The van der Waals surface area contributed by atoms with Gasteiger partial charge in [-0.1, -0.05) is 12.8 Å². The predicted molar refractivity (Wildman–Crippen MR) is 104 cm³/mol. The molecule has 6 heteroatoms. The molecular formula is C17H32IN3O2. The number of nitrogens with one attached hydrogen (secondary N) is 1. The molecule has 2 aliphatic rings. The highest BCUT2D eigenvalue weighted by atomic mass is 127. The van der Waals surface area contributed by atoms with Crippen LogP contribution in [0.5, 0.6) is 0 Å². The second kappa shape index (κ2) is 9.08. The third-order valence-corrected chi connectivity index (χ3v) is 4.47. The maximum atomic E-state index is 12.1. The monoisotopic (exact) mass is 437 g/mol. The molecule has 2 aliphatic carbocycles. The van der Waals surface area contributed by atoms with Gasteiger partial charge in [0.2, 0.25) is 0 Å². The molecule has 0 bridgehead atoms. The van der Waals surface area contributed by atoms with Gasteiger partial charge in [-0.3, -0.25) is 9.79 Å². The van der Waals surface area contributed by atoms with E-state index in [1.54, 1.807) is 0 Å². The van der Waals surface area contributed by atoms with Crippen LogP contribution >= 0.6 is 24.0 Å². The summed E-state index contributed by atoms with van der Waals surface area (Å²) in [5.41, 5.74) is 5.61. The average Bonchev–Trinajstić information content (AvgIpc) is 2.90. The number of halogens is 1. The molecule has 2 rings (SSSR count). The smallest absolute Gasteiger partial charge is 0.309 e. The molecule has 23 heavy (non-hydrogen) atoms. The summed E-state index contributed by atoms with van der Waals surface area (Å²) in [6.07, 6.45) is 8.48. The first-order valence-electron chi connectivity index (χ1n) is 8.66. The number of nitrogens with zero attached hydrogens (tertiary/aromatic N) is 1. The lowest BCUT2D eigenvalue weighted by atomic mass is 9.86. The van der Waals surface area contributed by atoms with Gasteiger partial charge in [-0.15, -0.1) is 24.0 Å². The Kier molecular flexibility index (Phi) is 8.10. The number of carbonyl (C=O) groups is 1. The molecule has 0 aliphatic heterocycles. The Morgan fingerprint density at radius 3 is 2.17 bits per heavy atom. The Hall–Kier alpha value is -0.530. The van der Waals surface area contributed by atoms with Crippen LogP contribution in [0.1, 0.15) is 72.1 Å². The largest absolute Gasteiger partial charge is 0.460 e. The van der Waals surface area contributed by atoms with Crippen molar-refractivity contribution in [3.05, 3.63) is 0 Å². The second-order valence-electron chi connectivity index (χ2n) is 7.68. The zero-order valence-electron chi connectivity index (χ0n) is 14.6. The van der Waals surface area contributed by atoms with Crippen LogP contribution in [0.2, 0.25) is 0 Å². The first-order chi connectivity index (χ1) is 10.3. The van der Waals surface area contributed by atoms with Gasteiger partial charge in [0, 0.05) is 6.04 Å². The van der Waals surface area contributed by atoms with E-state index in [1.165, 1.54) is 25.7 Å². The predicted octanol–water partition coefficient (Wildman–Crippen LogP) is 3.35. The van der Waals surface area contributed by atoms with Gasteiger partial charge >= 0.3 is 5.97 Å². The SMILES string of the molecule is CC(C)(C)OC(=O)C1CCC(N=C(N)NC2CCCC2)CC1.I. The van der Waals surface area contributed by atoms with Gasteiger partial charge in [-0.2, -0.15) is 0 Å². The van der Waals surface area contributed by atoms with Crippen molar-refractivity contribution in [3.63, 3.8) is 0 Å². The summed E-state index contributed by atoms with van der Waals surface area (Å²) in [5.74, 6) is 0.536. The Morgan fingerprint density at radius 2 is 1.65 bits per heavy atom. The van der Waals surface area contributed by atoms with Crippen molar-refractivity contribution in [1.29, 1.82) is 0 Å². The number of rotatable bonds is 3. The molecule has 0 unspecified atom stereocenters. The minimum absolute atomic E-state index is 0. The zero-order chi connectivity index (χ0) is 16.2. The van der Waals surface area contributed by atoms with E-state index in [-0.39, 0.29) is 41.9 Å². The van der Waals surface area contributed by atoms with Crippen LogP contribution in [0, 0.1) is 5.92 Å². The molecule has 3 N–H and O–H groups in total. The molecule has 0 saturated heterocycles. The summed E-state index contributed by atoms with van der Waals surface area (Å²) >= 11 is 0. The first-order valence-corrected chi connectivity index (χ1v) is 8.66. The summed E-state index contributed by atoms with van der Waals surface area (Å²) in [7, 11) is 0. The van der Waals surface area contributed by atoms with Crippen molar-refractivity contribution >= 4 is 35.9 Å². The highest BCUT2D eigenvalue weighted by Crippen LogP contribution is 2.28. The molecule has 0 aromatic rings. The van der Waals surface area contributed by atoms with E-state index < -0.39 is 5.60 Å². The Bertz CT molecular complexity index is 407. The van der Waals surface area contributed by atoms with Crippen molar-refractivity contribution in [2.45, 2.75) is 89.8 Å². The van der Waals surface area contributed by atoms with E-state index >= 15 is 0 Å². The van der Waals surface area contributed by atoms with Crippen molar-refractivity contribution < 1.29 is 9.53 Å². The molecule has 2 fully saturated rings. The van der Waals surface area contributed by atoms with Crippen LogP contribution in [0.3, 0.4) is 0 Å². The van der Waals surface area contributed by atoms with Crippen LogP contribution in [0.15, 0.2) is 4.99 Å². The topological polar surface area (TPSA) is 76.7 Å². The summed E-state index contributed by atoms with van der Waals surface area (Å²) in [6.45, 7) is 5.74. The molecule has 0 aromatic carbocycles. The maximum Gasteiger partial charge on any atom is 0.309 e. The number of nitrogens with two attached hydrogens (primary N) is 1. The molecule has 0 aromatic heterocycles. The zero-order valence-corrected chi connectivity index (χ0v) is 17.0. The van der Waals surface area contributed by atoms with Gasteiger partial charge in [-0.05, 0) is 59.3 Å². The van der Waals surface area contributed by atoms with Crippen LogP contribution in [-0.4, -0.2) is 29.6 Å². The molecule has 0 spiro atoms. The minimum Gasteiger partial charge on any atom is -0.460 e. The molecule has 0 radical (unpaired) electrons. The second-order valence-corrected chi connectivity index (χ2v) is 7.68. The van der Waals surface area contributed by atoms with Gasteiger partial charge in [0.25, 0.3) is 0 Å². The third kappa shape index (κ3) is 7.27. The van der Waals surface area contributed by atoms with Gasteiger partial charge in [0.1, 0.15) is 5.60 Å². The maximum absolute atomic E-state index is 12.1. The summed E-state index contributed by atoms with van der Waals surface area (Å²) in [6, 6.07) is 0.745. The first kappa shape index (κ1) is 20.5. The fourth-order valence-corrected chi connectivity index (χ4v) is 3.34. The fraction of sp³-hybridized carbons (Fsp3) is 0.882. The Balaban J connectivity index is 0.00000264. The fourth-order valence-electron chi connectivity index (χ4n) is 3.34. The minimum atomic E-state index is -0.401. The molecule has 5 nitrogen and oxygen atoms in total. The van der Waals surface area contributed by atoms with Crippen LogP contribution in [0.4, 0.5) is 0 Å². The van der Waals surface area contributed by atoms with E-state index in [1.807, 2.05) is 20.8 Å². The highest BCUT2D eigenvalue weighted by Gasteiger charge is 2.30. The normalized spacial score (nSPS) is 26.5. The van der Waals surface area contributed by atoms with Gasteiger partial charge in [-0.25, -0.2) is 0 Å². The summed E-state index contributed by atoms with van der Waals surface area (Å²) in [5, 5.41) is 3.33. The van der Waals surface area contributed by atoms with Crippen molar-refractivity contribution in [2.24, 2.45) is 16.6 Å². The molecule has 0 amide bonds. The van der Waals surface area contributed by atoms with E-state index in [9.17, 15) is 4.79 Å². The number of ether oxygens (including phenoxy) is 1. The van der Waals surface area contributed by atoms with Crippen molar-refractivity contribution in [1.82, 2.24) is 5.32 Å². The van der Waals surface area contributed by atoms with E-state index in [0.29, 0.717) is 12.0 Å². The Morgan fingerprint density at radius 1 is 1.09 bits per heavy atom. The van der Waals surface area contributed by atoms with E-state index in [2.05, 4.69) is 10.3 Å².